The zero-order valence-electron chi connectivity index (χ0n) is 12.6. The first-order chi connectivity index (χ1) is 11.2. The molecule has 1 N–H and O–H groups in total. The van der Waals surface area contributed by atoms with Crippen molar-refractivity contribution in [3.63, 3.8) is 0 Å². The van der Waals surface area contributed by atoms with Crippen molar-refractivity contribution in [3.8, 4) is 5.75 Å². The summed E-state index contributed by atoms with van der Waals surface area (Å²) in [6.07, 6.45) is 2.89. The number of hydrogen-bond donors (Lipinski definition) is 1. The zero-order valence-corrected chi connectivity index (χ0v) is 13.3. The molecule has 0 aliphatic carbocycles. The highest BCUT2D eigenvalue weighted by Crippen LogP contribution is 2.31. The molecular formula is C16H17ClN4O2. The molecular weight excluding hydrogens is 316 g/mol. The lowest BCUT2D eigenvalue weighted by molar-refractivity contribution is -0.127. The van der Waals surface area contributed by atoms with E-state index in [0.29, 0.717) is 24.4 Å². The number of rotatable bonds is 4. The number of aryl methyl sites for hydroxylation is 1. The highest BCUT2D eigenvalue weighted by Gasteiger charge is 2.29. The predicted octanol–water partition coefficient (Wildman–Crippen LogP) is 1.54. The van der Waals surface area contributed by atoms with Crippen molar-refractivity contribution in [2.75, 3.05) is 6.54 Å². The maximum Gasteiger partial charge on any atom is 0.261 e. The van der Waals surface area contributed by atoms with Crippen molar-refractivity contribution < 1.29 is 9.53 Å². The van der Waals surface area contributed by atoms with Gasteiger partial charge in [-0.2, -0.15) is 0 Å². The first-order valence-corrected chi connectivity index (χ1v) is 8.22. The van der Waals surface area contributed by atoms with Crippen LogP contribution in [0.1, 0.15) is 23.6 Å². The Kier molecular flexibility index (Phi) is 3.69. The molecule has 2 aromatic rings. The molecule has 4 rings (SSSR count). The predicted molar refractivity (Wildman–Crippen MR) is 84.6 cm³/mol. The maximum absolute atomic E-state index is 12.2. The SMILES string of the molecule is O=C(NCCc1nnc2n1CCC2)[C@@H]1Cc2cc(Cl)ccc2O1. The van der Waals surface area contributed by atoms with Crippen LogP contribution in [-0.4, -0.2) is 33.3 Å². The highest BCUT2D eigenvalue weighted by molar-refractivity contribution is 6.30. The lowest BCUT2D eigenvalue weighted by Crippen LogP contribution is -2.38. The second-order valence-electron chi connectivity index (χ2n) is 5.89. The molecule has 1 aromatic carbocycles. The van der Waals surface area contributed by atoms with Gasteiger partial charge >= 0.3 is 0 Å². The Morgan fingerprint density at radius 1 is 1.43 bits per heavy atom. The molecule has 3 heterocycles. The molecule has 2 aliphatic rings. The Bertz CT molecular complexity index is 759. The second-order valence-corrected chi connectivity index (χ2v) is 6.33. The number of aromatic nitrogens is 3. The van der Waals surface area contributed by atoms with Crippen LogP contribution < -0.4 is 10.1 Å². The van der Waals surface area contributed by atoms with Gasteiger partial charge in [0.05, 0.1) is 0 Å². The Morgan fingerprint density at radius 3 is 3.26 bits per heavy atom. The molecule has 7 heteroatoms. The minimum atomic E-state index is -0.479. The van der Waals surface area contributed by atoms with Gasteiger partial charge in [0.25, 0.3) is 5.91 Å². The van der Waals surface area contributed by atoms with E-state index in [1.165, 1.54) is 0 Å². The van der Waals surface area contributed by atoms with E-state index in [9.17, 15) is 4.79 Å². The monoisotopic (exact) mass is 332 g/mol. The Morgan fingerprint density at radius 2 is 2.35 bits per heavy atom. The lowest BCUT2D eigenvalue weighted by atomic mass is 10.1. The molecule has 0 unspecified atom stereocenters. The normalized spacial score (nSPS) is 18.4. The third-order valence-electron chi connectivity index (χ3n) is 4.32. The largest absolute Gasteiger partial charge is 0.480 e. The smallest absolute Gasteiger partial charge is 0.261 e. The first-order valence-electron chi connectivity index (χ1n) is 7.84. The van der Waals surface area contributed by atoms with E-state index in [1.807, 2.05) is 12.1 Å². The van der Waals surface area contributed by atoms with E-state index >= 15 is 0 Å². The maximum atomic E-state index is 12.2. The van der Waals surface area contributed by atoms with Gasteiger partial charge in [-0.3, -0.25) is 4.79 Å². The van der Waals surface area contributed by atoms with Crippen LogP contribution in [0.25, 0.3) is 0 Å². The molecule has 23 heavy (non-hydrogen) atoms. The van der Waals surface area contributed by atoms with E-state index in [0.717, 1.165) is 42.3 Å². The molecule has 1 amide bonds. The Hall–Kier alpha value is -2.08. The van der Waals surface area contributed by atoms with Crippen LogP contribution in [0, 0.1) is 0 Å². The molecule has 0 saturated carbocycles. The molecule has 0 radical (unpaired) electrons. The summed E-state index contributed by atoms with van der Waals surface area (Å²) in [5, 5.41) is 11.9. The van der Waals surface area contributed by atoms with Gasteiger partial charge in [0.1, 0.15) is 17.4 Å². The van der Waals surface area contributed by atoms with E-state index < -0.39 is 6.10 Å². The fraction of sp³-hybridized carbons (Fsp3) is 0.438. The quantitative estimate of drug-likeness (QED) is 0.922. The summed E-state index contributed by atoms with van der Waals surface area (Å²) in [5.74, 6) is 2.64. The van der Waals surface area contributed by atoms with Crippen LogP contribution in [0.2, 0.25) is 5.02 Å². The molecule has 6 nitrogen and oxygen atoms in total. The highest BCUT2D eigenvalue weighted by atomic mass is 35.5. The van der Waals surface area contributed by atoms with Crippen LogP contribution in [0.15, 0.2) is 18.2 Å². The van der Waals surface area contributed by atoms with Gasteiger partial charge in [-0.15, -0.1) is 10.2 Å². The topological polar surface area (TPSA) is 69.0 Å². The molecule has 0 saturated heterocycles. The zero-order chi connectivity index (χ0) is 15.8. The van der Waals surface area contributed by atoms with Gasteiger partial charge in [-0.05, 0) is 30.2 Å². The molecule has 1 atom stereocenters. The third-order valence-corrected chi connectivity index (χ3v) is 4.56. The summed E-state index contributed by atoms with van der Waals surface area (Å²) < 4.78 is 7.83. The summed E-state index contributed by atoms with van der Waals surface area (Å²) in [5.41, 5.74) is 0.980. The molecule has 2 aliphatic heterocycles. The van der Waals surface area contributed by atoms with Crippen molar-refractivity contribution in [2.24, 2.45) is 0 Å². The van der Waals surface area contributed by atoms with Gasteiger partial charge in [0, 0.05) is 37.4 Å². The van der Waals surface area contributed by atoms with Crippen LogP contribution in [-0.2, 0) is 30.6 Å². The van der Waals surface area contributed by atoms with E-state index in [-0.39, 0.29) is 5.91 Å². The van der Waals surface area contributed by atoms with Gasteiger partial charge in [-0.25, -0.2) is 0 Å². The van der Waals surface area contributed by atoms with E-state index in [4.69, 9.17) is 16.3 Å². The third kappa shape index (κ3) is 2.79. The number of ether oxygens (including phenoxy) is 1. The standard InChI is InChI=1S/C16H17ClN4O2/c17-11-3-4-12-10(8-11)9-13(23-12)16(22)18-6-5-15-20-19-14-2-1-7-21(14)15/h3-4,8,13H,1-2,5-7,9H2,(H,18,22)/t13-/m0/s1. The van der Waals surface area contributed by atoms with E-state index in [2.05, 4.69) is 20.1 Å². The van der Waals surface area contributed by atoms with Crippen molar-refractivity contribution in [1.29, 1.82) is 0 Å². The van der Waals surface area contributed by atoms with Crippen molar-refractivity contribution in [3.05, 3.63) is 40.4 Å². The van der Waals surface area contributed by atoms with Gasteiger partial charge < -0.3 is 14.6 Å². The van der Waals surface area contributed by atoms with Crippen LogP contribution in [0.4, 0.5) is 0 Å². The van der Waals surface area contributed by atoms with Gasteiger partial charge in [-0.1, -0.05) is 11.6 Å². The molecule has 0 fully saturated rings. The summed E-state index contributed by atoms with van der Waals surface area (Å²) in [7, 11) is 0. The summed E-state index contributed by atoms with van der Waals surface area (Å²) >= 11 is 5.97. The Labute approximate surface area is 138 Å². The molecule has 120 valence electrons. The minimum Gasteiger partial charge on any atom is -0.480 e. The molecule has 0 bridgehead atoms. The number of hydrogen-bond acceptors (Lipinski definition) is 4. The minimum absolute atomic E-state index is 0.0986. The van der Waals surface area contributed by atoms with Crippen molar-refractivity contribution >= 4 is 17.5 Å². The number of nitrogens with zero attached hydrogens (tertiary/aromatic N) is 3. The fourth-order valence-electron chi connectivity index (χ4n) is 3.17. The van der Waals surface area contributed by atoms with Gasteiger partial charge in [0.2, 0.25) is 0 Å². The Balaban J connectivity index is 1.31. The van der Waals surface area contributed by atoms with Gasteiger partial charge in [0.15, 0.2) is 6.10 Å². The second kappa shape index (κ2) is 5.85. The van der Waals surface area contributed by atoms with Crippen LogP contribution in [0.3, 0.4) is 0 Å². The van der Waals surface area contributed by atoms with Crippen molar-refractivity contribution in [2.45, 2.75) is 38.3 Å². The number of carbonyl (C=O) groups is 1. The van der Waals surface area contributed by atoms with E-state index in [1.54, 1.807) is 6.07 Å². The molecule has 0 spiro atoms. The first kappa shape index (κ1) is 14.5. The number of fused-ring (bicyclic) bond motifs is 2. The fourth-order valence-corrected chi connectivity index (χ4v) is 3.37. The number of halogens is 1. The van der Waals surface area contributed by atoms with Crippen LogP contribution in [0.5, 0.6) is 5.75 Å². The van der Waals surface area contributed by atoms with Crippen LogP contribution >= 0.6 is 11.6 Å². The number of amides is 1. The number of carbonyl (C=O) groups excluding carboxylic acids is 1. The summed E-state index contributed by atoms with van der Waals surface area (Å²) in [4.78, 5) is 12.2. The summed E-state index contributed by atoms with van der Waals surface area (Å²) in [6.45, 7) is 1.52. The lowest BCUT2D eigenvalue weighted by Gasteiger charge is -2.11. The van der Waals surface area contributed by atoms with Crippen molar-refractivity contribution in [1.82, 2.24) is 20.1 Å². The summed E-state index contributed by atoms with van der Waals surface area (Å²) in [6, 6.07) is 5.43. The average Bonchev–Trinajstić information content (AvgIpc) is 3.22. The number of nitrogens with one attached hydrogen (secondary N) is 1. The average molecular weight is 333 g/mol. The number of benzene rings is 1. The molecule has 1 aromatic heterocycles.